The fourth-order valence-electron chi connectivity index (χ4n) is 1.49. The van der Waals surface area contributed by atoms with E-state index in [2.05, 4.69) is 9.71 Å². The monoisotopic (exact) mass is 294 g/mol. The Morgan fingerprint density at radius 3 is 2.61 bits per heavy atom. The van der Waals surface area contributed by atoms with Gasteiger partial charge >= 0.3 is 0 Å². The second kappa shape index (κ2) is 5.83. The minimum Gasteiger partial charge on any atom is -0.393 e. The Hall–Kier alpha value is -0.890. The second-order valence-electron chi connectivity index (χ2n) is 4.12. The van der Waals surface area contributed by atoms with Gasteiger partial charge in [-0.3, -0.25) is 4.79 Å². The number of aromatic amines is 1. The van der Waals surface area contributed by atoms with Crippen molar-refractivity contribution >= 4 is 21.6 Å². The molecule has 0 amide bonds. The lowest BCUT2D eigenvalue weighted by Crippen LogP contribution is -2.35. The molecule has 102 valence electrons. The summed E-state index contributed by atoms with van der Waals surface area (Å²) in [6.07, 6.45) is 0.754. The summed E-state index contributed by atoms with van der Waals surface area (Å²) in [6.45, 7) is 3.21. The summed E-state index contributed by atoms with van der Waals surface area (Å²) in [5.74, 6) is 0. The van der Waals surface area contributed by atoms with E-state index in [4.69, 9.17) is 16.7 Å². The number of hydrogen-bond acceptors (Lipinski definition) is 4. The summed E-state index contributed by atoms with van der Waals surface area (Å²) in [4.78, 5) is 13.1. The average Bonchev–Trinajstić information content (AvgIpc) is 2.19. The van der Waals surface area contributed by atoms with E-state index in [9.17, 15) is 13.2 Å². The van der Waals surface area contributed by atoms with Crippen LogP contribution in [0.15, 0.2) is 22.0 Å². The highest BCUT2D eigenvalue weighted by molar-refractivity contribution is 7.89. The average molecular weight is 295 g/mol. The van der Waals surface area contributed by atoms with E-state index >= 15 is 0 Å². The van der Waals surface area contributed by atoms with E-state index in [1.807, 2.05) is 0 Å². The van der Waals surface area contributed by atoms with Crippen LogP contribution < -0.4 is 10.3 Å². The Kier molecular flexibility index (Phi) is 4.92. The summed E-state index contributed by atoms with van der Waals surface area (Å²) in [7, 11) is -3.76. The molecule has 0 saturated heterocycles. The summed E-state index contributed by atoms with van der Waals surface area (Å²) in [5, 5.41) is 8.97. The normalized spacial score (nSPS) is 15.3. The van der Waals surface area contributed by atoms with Gasteiger partial charge in [0.2, 0.25) is 10.0 Å². The Morgan fingerprint density at radius 1 is 1.50 bits per heavy atom. The molecule has 2 unspecified atom stereocenters. The first-order valence-corrected chi connectivity index (χ1v) is 7.17. The molecule has 8 heteroatoms. The Morgan fingerprint density at radius 2 is 2.11 bits per heavy atom. The number of pyridine rings is 1. The number of halogens is 1. The van der Waals surface area contributed by atoms with Crippen LogP contribution in [-0.4, -0.2) is 30.7 Å². The highest BCUT2D eigenvalue weighted by Crippen LogP contribution is 2.11. The molecule has 6 nitrogen and oxygen atoms in total. The van der Waals surface area contributed by atoms with Crippen LogP contribution in [0.3, 0.4) is 0 Å². The van der Waals surface area contributed by atoms with Crippen LogP contribution in [0.2, 0.25) is 5.02 Å². The largest absolute Gasteiger partial charge is 0.393 e. The third kappa shape index (κ3) is 4.09. The van der Waals surface area contributed by atoms with Crippen LogP contribution in [0.25, 0.3) is 0 Å². The van der Waals surface area contributed by atoms with Crippen molar-refractivity contribution in [3.63, 3.8) is 0 Å². The quantitative estimate of drug-likeness (QED) is 0.735. The van der Waals surface area contributed by atoms with Gasteiger partial charge in [-0.05, 0) is 26.3 Å². The minimum atomic E-state index is -3.76. The molecule has 18 heavy (non-hydrogen) atoms. The molecule has 0 aliphatic rings. The smallest absolute Gasteiger partial charge is 0.266 e. The van der Waals surface area contributed by atoms with E-state index in [1.165, 1.54) is 0 Å². The van der Waals surface area contributed by atoms with Gasteiger partial charge in [0.25, 0.3) is 5.56 Å². The first-order valence-electron chi connectivity index (χ1n) is 5.31. The van der Waals surface area contributed by atoms with Crippen molar-refractivity contribution in [2.45, 2.75) is 37.3 Å². The van der Waals surface area contributed by atoms with Gasteiger partial charge in [-0.2, -0.15) is 0 Å². The van der Waals surface area contributed by atoms with Crippen LogP contribution in [0.1, 0.15) is 20.3 Å². The Balaban J connectivity index is 2.93. The van der Waals surface area contributed by atoms with E-state index in [0.717, 1.165) is 12.3 Å². The van der Waals surface area contributed by atoms with Crippen molar-refractivity contribution in [1.82, 2.24) is 9.71 Å². The molecule has 0 radical (unpaired) electrons. The highest BCUT2D eigenvalue weighted by Gasteiger charge is 2.19. The highest BCUT2D eigenvalue weighted by atomic mass is 35.5. The van der Waals surface area contributed by atoms with Gasteiger partial charge < -0.3 is 10.1 Å². The first-order chi connectivity index (χ1) is 8.22. The number of H-pyrrole nitrogens is 1. The molecule has 1 rings (SSSR count). The van der Waals surface area contributed by atoms with Crippen LogP contribution in [0, 0.1) is 0 Å². The molecular weight excluding hydrogens is 280 g/mol. The number of aliphatic hydroxyl groups excluding tert-OH is 1. The molecule has 0 fully saturated rings. The summed E-state index contributed by atoms with van der Waals surface area (Å²) >= 11 is 5.56. The zero-order chi connectivity index (χ0) is 13.9. The number of hydrogen-bond donors (Lipinski definition) is 3. The van der Waals surface area contributed by atoms with Crippen molar-refractivity contribution in [3.8, 4) is 0 Å². The maximum absolute atomic E-state index is 11.9. The maximum Gasteiger partial charge on any atom is 0.266 e. The van der Waals surface area contributed by atoms with E-state index < -0.39 is 27.7 Å². The predicted molar refractivity (Wildman–Crippen MR) is 68.2 cm³/mol. The number of aromatic nitrogens is 1. The molecule has 1 heterocycles. The van der Waals surface area contributed by atoms with Gasteiger partial charge in [-0.25, -0.2) is 13.1 Å². The molecule has 0 aliphatic carbocycles. The summed E-state index contributed by atoms with van der Waals surface area (Å²) in [5.41, 5.74) is -0.548. The minimum absolute atomic E-state index is 0.121. The molecule has 0 aromatic carbocycles. The van der Waals surface area contributed by atoms with Crippen LogP contribution in [0.4, 0.5) is 0 Å². The van der Waals surface area contributed by atoms with E-state index in [0.29, 0.717) is 0 Å². The molecule has 0 aliphatic heterocycles. The lowest BCUT2D eigenvalue weighted by molar-refractivity contribution is 0.175. The van der Waals surface area contributed by atoms with E-state index in [-0.39, 0.29) is 16.3 Å². The number of nitrogens with one attached hydrogen (secondary N) is 2. The molecule has 0 spiro atoms. The van der Waals surface area contributed by atoms with Crippen molar-refractivity contribution in [3.05, 3.63) is 27.6 Å². The lowest BCUT2D eigenvalue weighted by atomic mass is 10.2. The van der Waals surface area contributed by atoms with Crippen LogP contribution in [0.5, 0.6) is 0 Å². The van der Waals surface area contributed by atoms with Gasteiger partial charge in [-0.15, -0.1) is 0 Å². The van der Waals surface area contributed by atoms with E-state index in [1.54, 1.807) is 13.8 Å². The SMILES string of the molecule is CC(O)CC(C)NS(=O)(=O)c1c[nH]c(=O)c(Cl)c1. The number of sulfonamides is 1. The predicted octanol–water partition coefficient (Wildman–Crippen LogP) is 0.466. The van der Waals surface area contributed by atoms with Crippen molar-refractivity contribution in [2.75, 3.05) is 0 Å². The third-order valence-corrected chi connectivity index (χ3v) is 4.04. The molecular formula is C10H15ClN2O4S. The van der Waals surface area contributed by atoms with Crippen molar-refractivity contribution in [2.24, 2.45) is 0 Å². The van der Waals surface area contributed by atoms with Crippen molar-refractivity contribution < 1.29 is 13.5 Å². The van der Waals surface area contributed by atoms with Crippen LogP contribution in [-0.2, 0) is 10.0 Å². The van der Waals surface area contributed by atoms with Gasteiger partial charge in [0, 0.05) is 12.2 Å². The third-order valence-electron chi connectivity index (χ3n) is 2.19. The van der Waals surface area contributed by atoms with Crippen molar-refractivity contribution in [1.29, 1.82) is 0 Å². The van der Waals surface area contributed by atoms with Crippen LogP contribution >= 0.6 is 11.6 Å². The topological polar surface area (TPSA) is 99.3 Å². The van der Waals surface area contributed by atoms with Gasteiger partial charge in [0.15, 0.2) is 0 Å². The second-order valence-corrected chi connectivity index (χ2v) is 6.24. The fraction of sp³-hybridized carbons (Fsp3) is 0.500. The fourth-order valence-corrected chi connectivity index (χ4v) is 2.97. The first kappa shape index (κ1) is 15.2. The molecule has 3 N–H and O–H groups in total. The Labute approximate surface area is 110 Å². The van der Waals surface area contributed by atoms with Gasteiger partial charge in [-0.1, -0.05) is 11.6 Å². The zero-order valence-corrected chi connectivity index (χ0v) is 11.5. The lowest BCUT2D eigenvalue weighted by Gasteiger charge is -2.15. The molecule has 0 bridgehead atoms. The number of aliphatic hydroxyl groups is 1. The zero-order valence-electron chi connectivity index (χ0n) is 9.97. The van der Waals surface area contributed by atoms with Gasteiger partial charge in [0.05, 0.1) is 11.0 Å². The van der Waals surface area contributed by atoms with Gasteiger partial charge in [0.1, 0.15) is 5.02 Å². The Bertz CT molecular complexity index is 567. The number of rotatable bonds is 5. The maximum atomic E-state index is 11.9. The summed E-state index contributed by atoms with van der Waals surface area (Å²) < 4.78 is 26.2. The molecule has 1 aromatic rings. The molecule has 2 atom stereocenters. The molecule has 0 saturated carbocycles. The standard InChI is InChI=1S/C10H15ClN2O4S/c1-6(3-7(2)14)13-18(16,17)8-4-9(11)10(15)12-5-8/h4-7,13-14H,3H2,1-2H3,(H,12,15). The molecule has 1 aromatic heterocycles. The summed E-state index contributed by atoms with van der Waals surface area (Å²) in [6, 6.07) is 0.651.